The molecule has 0 saturated heterocycles. The van der Waals surface area contributed by atoms with Gasteiger partial charge in [0.15, 0.2) is 0 Å². The van der Waals surface area contributed by atoms with Crippen molar-refractivity contribution in [2.75, 3.05) is 39.6 Å². The van der Waals surface area contributed by atoms with Gasteiger partial charge in [0.05, 0.1) is 39.6 Å². The average molecular weight is 312 g/mol. The minimum atomic E-state index is -0.588. The summed E-state index contributed by atoms with van der Waals surface area (Å²) >= 11 is 0. The smallest absolute Gasteiger partial charge is 0.331 e. The highest BCUT2D eigenvalue weighted by atomic mass is 16.5. The van der Waals surface area contributed by atoms with Crippen LogP contribution < -0.4 is 0 Å². The number of carbonyl (C=O) groups excluding carboxylic acids is 2. The molecule has 0 spiro atoms. The molecular weight excluding hydrogens is 288 g/mol. The third kappa shape index (κ3) is 14.5. The van der Waals surface area contributed by atoms with Gasteiger partial charge in [0, 0.05) is 25.0 Å². The summed E-state index contributed by atoms with van der Waals surface area (Å²) in [6.45, 7) is 9.40. The molecule has 0 bridgehead atoms. The van der Waals surface area contributed by atoms with E-state index >= 15 is 0 Å². The molecule has 0 rings (SSSR count). The van der Waals surface area contributed by atoms with E-state index in [0.717, 1.165) is 12.2 Å². The molecule has 0 aliphatic rings. The fourth-order valence-corrected chi connectivity index (χ4v) is 1.23. The standard InChI is InChI=1S/C16H24O6/c1-3-9-19-11-5-13-21-15(17)7-8-16(18)22-14-6-12-20-10-4-2/h3-4,7-8H,1-2,5-6,9-14H2/b8-7-. The van der Waals surface area contributed by atoms with Gasteiger partial charge >= 0.3 is 11.9 Å². The van der Waals surface area contributed by atoms with E-state index in [4.69, 9.17) is 18.9 Å². The fourth-order valence-electron chi connectivity index (χ4n) is 1.23. The molecule has 6 heteroatoms. The Morgan fingerprint density at radius 3 is 1.50 bits per heavy atom. The van der Waals surface area contributed by atoms with Crippen molar-refractivity contribution in [2.24, 2.45) is 0 Å². The molecular formula is C16H24O6. The first kappa shape index (κ1) is 20.1. The lowest BCUT2D eigenvalue weighted by Gasteiger charge is -2.03. The fraction of sp³-hybridized carbons (Fsp3) is 0.500. The molecule has 0 unspecified atom stereocenters. The van der Waals surface area contributed by atoms with Crippen LogP contribution in [0.4, 0.5) is 0 Å². The topological polar surface area (TPSA) is 71.1 Å². The predicted octanol–water partition coefficient (Wildman–Crippen LogP) is 1.81. The second kappa shape index (κ2) is 15.5. The summed E-state index contributed by atoms with van der Waals surface area (Å²) in [5, 5.41) is 0. The van der Waals surface area contributed by atoms with Crippen molar-refractivity contribution in [2.45, 2.75) is 12.8 Å². The summed E-state index contributed by atoms with van der Waals surface area (Å²) < 4.78 is 20.0. The molecule has 0 aromatic carbocycles. The summed E-state index contributed by atoms with van der Waals surface area (Å²) in [5.41, 5.74) is 0. The molecule has 0 atom stereocenters. The number of esters is 2. The summed E-state index contributed by atoms with van der Waals surface area (Å²) in [4.78, 5) is 22.6. The molecule has 0 amide bonds. The van der Waals surface area contributed by atoms with E-state index in [1.165, 1.54) is 0 Å². The molecule has 0 aliphatic carbocycles. The number of ether oxygens (including phenoxy) is 4. The number of hydrogen-bond acceptors (Lipinski definition) is 6. The van der Waals surface area contributed by atoms with Crippen LogP contribution in [0.5, 0.6) is 0 Å². The first-order chi connectivity index (χ1) is 10.7. The van der Waals surface area contributed by atoms with Crippen molar-refractivity contribution < 1.29 is 28.5 Å². The van der Waals surface area contributed by atoms with Crippen LogP contribution in [0.1, 0.15) is 12.8 Å². The van der Waals surface area contributed by atoms with Crippen LogP contribution in [-0.4, -0.2) is 51.6 Å². The van der Waals surface area contributed by atoms with E-state index in [1.54, 1.807) is 12.2 Å². The molecule has 0 fully saturated rings. The Morgan fingerprint density at radius 1 is 0.727 bits per heavy atom. The molecule has 0 saturated carbocycles. The Balaban J connectivity index is 3.54. The number of rotatable bonds is 14. The quantitative estimate of drug-likeness (QED) is 0.211. The SMILES string of the molecule is C=CCOCCCOC(=O)/C=C\C(=O)OCCCOCC=C. The minimum absolute atomic E-state index is 0.232. The van der Waals surface area contributed by atoms with Crippen molar-refractivity contribution in [3.05, 3.63) is 37.5 Å². The van der Waals surface area contributed by atoms with Crippen molar-refractivity contribution in [3.63, 3.8) is 0 Å². The highest BCUT2D eigenvalue weighted by molar-refractivity contribution is 5.91. The second-order valence-electron chi connectivity index (χ2n) is 4.10. The number of hydrogen-bond donors (Lipinski definition) is 0. The predicted molar refractivity (Wildman–Crippen MR) is 82.3 cm³/mol. The zero-order valence-electron chi connectivity index (χ0n) is 12.8. The van der Waals surface area contributed by atoms with Gasteiger partial charge in [-0.1, -0.05) is 12.2 Å². The van der Waals surface area contributed by atoms with Gasteiger partial charge in [0.1, 0.15) is 0 Å². The zero-order valence-corrected chi connectivity index (χ0v) is 12.8. The lowest BCUT2D eigenvalue weighted by atomic mass is 10.4. The van der Waals surface area contributed by atoms with Gasteiger partial charge in [0.25, 0.3) is 0 Å². The maximum atomic E-state index is 11.3. The third-order valence-corrected chi connectivity index (χ3v) is 2.18. The largest absolute Gasteiger partial charge is 0.462 e. The van der Waals surface area contributed by atoms with E-state index < -0.39 is 11.9 Å². The van der Waals surface area contributed by atoms with Crippen molar-refractivity contribution in [1.82, 2.24) is 0 Å². The molecule has 0 heterocycles. The van der Waals surface area contributed by atoms with E-state index in [2.05, 4.69) is 13.2 Å². The molecule has 0 aromatic heterocycles. The van der Waals surface area contributed by atoms with Crippen LogP contribution in [-0.2, 0) is 28.5 Å². The highest BCUT2D eigenvalue weighted by Gasteiger charge is 2.01. The lowest BCUT2D eigenvalue weighted by Crippen LogP contribution is -2.08. The molecule has 0 N–H and O–H groups in total. The van der Waals surface area contributed by atoms with Gasteiger partial charge in [-0.2, -0.15) is 0 Å². The van der Waals surface area contributed by atoms with Crippen LogP contribution >= 0.6 is 0 Å². The van der Waals surface area contributed by atoms with E-state index in [9.17, 15) is 9.59 Å². The van der Waals surface area contributed by atoms with Crippen molar-refractivity contribution in [3.8, 4) is 0 Å². The lowest BCUT2D eigenvalue weighted by molar-refractivity contribution is -0.140. The first-order valence-corrected chi connectivity index (χ1v) is 7.09. The maximum Gasteiger partial charge on any atom is 0.331 e. The summed E-state index contributed by atoms with van der Waals surface area (Å²) in [5.74, 6) is -1.18. The minimum Gasteiger partial charge on any atom is -0.462 e. The Hall–Kier alpha value is -1.92. The van der Waals surface area contributed by atoms with Gasteiger partial charge in [-0.25, -0.2) is 9.59 Å². The molecule has 0 aliphatic heterocycles. The van der Waals surface area contributed by atoms with Crippen LogP contribution in [0.3, 0.4) is 0 Å². The molecule has 0 radical (unpaired) electrons. The van der Waals surface area contributed by atoms with Gasteiger partial charge in [-0.05, 0) is 0 Å². The third-order valence-electron chi connectivity index (χ3n) is 2.18. The van der Waals surface area contributed by atoms with Crippen LogP contribution in [0.15, 0.2) is 37.5 Å². The molecule has 124 valence electrons. The Morgan fingerprint density at radius 2 is 1.14 bits per heavy atom. The highest BCUT2D eigenvalue weighted by Crippen LogP contribution is 1.91. The second-order valence-corrected chi connectivity index (χ2v) is 4.10. The first-order valence-electron chi connectivity index (χ1n) is 7.09. The normalized spacial score (nSPS) is 10.4. The number of carbonyl (C=O) groups is 2. The van der Waals surface area contributed by atoms with Crippen molar-refractivity contribution in [1.29, 1.82) is 0 Å². The summed E-state index contributed by atoms with van der Waals surface area (Å²) in [6.07, 6.45) is 6.55. The Labute approximate surface area is 131 Å². The van der Waals surface area contributed by atoms with Gasteiger partial charge in [0.2, 0.25) is 0 Å². The zero-order chi connectivity index (χ0) is 16.5. The molecule has 22 heavy (non-hydrogen) atoms. The Kier molecular flexibility index (Phi) is 14.1. The van der Waals surface area contributed by atoms with Crippen LogP contribution in [0, 0.1) is 0 Å². The average Bonchev–Trinajstić information content (AvgIpc) is 2.52. The van der Waals surface area contributed by atoms with Crippen LogP contribution in [0.2, 0.25) is 0 Å². The van der Waals surface area contributed by atoms with Gasteiger partial charge < -0.3 is 18.9 Å². The molecule has 0 aromatic rings. The van der Waals surface area contributed by atoms with Gasteiger partial charge in [-0.15, -0.1) is 13.2 Å². The van der Waals surface area contributed by atoms with E-state index in [-0.39, 0.29) is 13.2 Å². The van der Waals surface area contributed by atoms with Crippen molar-refractivity contribution >= 4 is 11.9 Å². The van der Waals surface area contributed by atoms with E-state index in [0.29, 0.717) is 39.3 Å². The summed E-state index contributed by atoms with van der Waals surface area (Å²) in [7, 11) is 0. The monoisotopic (exact) mass is 312 g/mol. The van der Waals surface area contributed by atoms with Gasteiger partial charge in [-0.3, -0.25) is 0 Å². The summed E-state index contributed by atoms with van der Waals surface area (Å²) in [6, 6.07) is 0. The van der Waals surface area contributed by atoms with Crippen LogP contribution in [0.25, 0.3) is 0 Å². The Bertz CT molecular complexity index is 328. The molecule has 6 nitrogen and oxygen atoms in total. The van der Waals surface area contributed by atoms with E-state index in [1.807, 2.05) is 0 Å². The maximum absolute atomic E-state index is 11.3.